The molecule has 18 heavy (non-hydrogen) atoms. The highest BCUT2D eigenvalue weighted by molar-refractivity contribution is 7.99. The number of ether oxygens (including phenoxy) is 1. The molecule has 1 aliphatic heterocycles. The van der Waals surface area contributed by atoms with Crippen LogP contribution in [-0.2, 0) is 11.3 Å². The number of benzene rings is 1. The lowest BCUT2D eigenvalue weighted by Crippen LogP contribution is -2.21. The van der Waals surface area contributed by atoms with Gasteiger partial charge in [-0.25, -0.2) is 0 Å². The van der Waals surface area contributed by atoms with Gasteiger partial charge in [-0.3, -0.25) is 0 Å². The van der Waals surface area contributed by atoms with Crippen molar-refractivity contribution in [2.45, 2.75) is 49.8 Å². The van der Waals surface area contributed by atoms with E-state index in [0.717, 1.165) is 12.3 Å². The minimum Gasteiger partial charge on any atom is -0.371 e. The summed E-state index contributed by atoms with van der Waals surface area (Å²) in [5.74, 6) is 1.06. The first-order chi connectivity index (χ1) is 8.59. The van der Waals surface area contributed by atoms with E-state index in [1.807, 2.05) is 18.8 Å². The van der Waals surface area contributed by atoms with E-state index in [2.05, 4.69) is 43.4 Å². The summed E-state index contributed by atoms with van der Waals surface area (Å²) >= 11 is 1.91. The monoisotopic (exact) mass is 265 g/mol. The van der Waals surface area contributed by atoms with Crippen LogP contribution in [0.5, 0.6) is 0 Å². The molecule has 0 aliphatic carbocycles. The average Bonchev–Trinajstić information content (AvgIpc) is 2.68. The van der Waals surface area contributed by atoms with Gasteiger partial charge in [0.15, 0.2) is 0 Å². The first kappa shape index (κ1) is 13.9. The SMILES string of the molecule is CNCc1cccc(SCC2CCC(C)(C)O2)c1. The Hall–Kier alpha value is -0.510. The lowest BCUT2D eigenvalue weighted by molar-refractivity contribution is -0.00466. The molecule has 1 N–H and O–H groups in total. The van der Waals surface area contributed by atoms with Crippen molar-refractivity contribution in [3.63, 3.8) is 0 Å². The van der Waals surface area contributed by atoms with Crippen LogP contribution in [0.15, 0.2) is 29.2 Å². The Morgan fingerprint density at radius 2 is 2.28 bits per heavy atom. The average molecular weight is 265 g/mol. The fraction of sp³-hybridized carbons (Fsp3) is 0.600. The molecule has 1 aromatic rings. The van der Waals surface area contributed by atoms with Crippen molar-refractivity contribution in [2.75, 3.05) is 12.8 Å². The Bertz CT molecular complexity index is 392. The predicted molar refractivity (Wildman–Crippen MR) is 78.1 cm³/mol. The quantitative estimate of drug-likeness (QED) is 0.824. The van der Waals surface area contributed by atoms with Gasteiger partial charge in [0.25, 0.3) is 0 Å². The largest absolute Gasteiger partial charge is 0.371 e. The highest BCUT2D eigenvalue weighted by Gasteiger charge is 2.31. The number of nitrogens with one attached hydrogen (secondary N) is 1. The van der Waals surface area contributed by atoms with E-state index in [0.29, 0.717) is 6.10 Å². The van der Waals surface area contributed by atoms with Gasteiger partial charge in [-0.15, -0.1) is 11.8 Å². The Morgan fingerprint density at radius 3 is 2.94 bits per heavy atom. The zero-order chi connectivity index (χ0) is 13.0. The summed E-state index contributed by atoms with van der Waals surface area (Å²) in [6.45, 7) is 5.30. The van der Waals surface area contributed by atoms with Gasteiger partial charge in [-0.1, -0.05) is 12.1 Å². The van der Waals surface area contributed by atoms with Gasteiger partial charge >= 0.3 is 0 Å². The van der Waals surface area contributed by atoms with E-state index >= 15 is 0 Å². The first-order valence-corrected chi connectivity index (χ1v) is 7.62. The third kappa shape index (κ3) is 4.01. The minimum absolute atomic E-state index is 0.0825. The van der Waals surface area contributed by atoms with Crippen LogP contribution in [0.25, 0.3) is 0 Å². The molecule has 2 nitrogen and oxygen atoms in total. The highest BCUT2D eigenvalue weighted by atomic mass is 32.2. The molecule has 0 radical (unpaired) electrons. The van der Waals surface area contributed by atoms with E-state index < -0.39 is 0 Å². The summed E-state index contributed by atoms with van der Waals surface area (Å²) in [6, 6.07) is 8.75. The molecule has 0 bridgehead atoms. The van der Waals surface area contributed by atoms with Crippen molar-refractivity contribution >= 4 is 11.8 Å². The Kier molecular flexibility index (Phi) is 4.71. The molecule has 1 unspecified atom stereocenters. The van der Waals surface area contributed by atoms with Gasteiger partial charge in [0.2, 0.25) is 0 Å². The maximum atomic E-state index is 6.02. The molecule has 1 heterocycles. The van der Waals surface area contributed by atoms with Crippen LogP contribution in [0.3, 0.4) is 0 Å². The lowest BCUT2D eigenvalue weighted by atomic mass is 10.1. The van der Waals surface area contributed by atoms with Crippen molar-refractivity contribution in [1.82, 2.24) is 5.32 Å². The van der Waals surface area contributed by atoms with Crippen molar-refractivity contribution < 1.29 is 4.74 Å². The molecule has 1 aliphatic rings. The second-order valence-electron chi connectivity index (χ2n) is 5.53. The highest BCUT2D eigenvalue weighted by Crippen LogP contribution is 2.32. The molecule has 0 amide bonds. The van der Waals surface area contributed by atoms with Crippen molar-refractivity contribution in [1.29, 1.82) is 0 Å². The Balaban J connectivity index is 1.85. The summed E-state index contributed by atoms with van der Waals surface area (Å²) in [5, 5.41) is 3.19. The van der Waals surface area contributed by atoms with Crippen molar-refractivity contribution in [3.8, 4) is 0 Å². The first-order valence-electron chi connectivity index (χ1n) is 6.63. The molecule has 100 valence electrons. The summed E-state index contributed by atoms with van der Waals surface area (Å²) in [4.78, 5) is 1.34. The maximum Gasteiger partial charge on any atom is 0.0677 e. The predicted octanol–water partition coefficient (Wildman–Crippen LogP) is 3.46. The lowest BCUT2D eigenvalue weighted by Gasteiger charge is -2.19. The minimum atomic E-state index is 0.0825. The number of thioether (sulfide) groups is 1. The Labute approximate surface area is 114 Å². The van der Waals surface area contributed by atoms with Crippen LogP contribution in [0.2, 0.25) is 0 Å². The molecule has 1 aromatic carbocycles. The summed E-state index contributed by atoms with van der Waals surface area (Å²) < 4.78 is 6.02. The zero-order valence-corrected chi connectivity index (χ0v) is 12.3. The van der Waals surface area contributed by atoms with E-state index in [1.54, 1.807) is 0 Å². The molecule has 0 aromatic heterocycles. The van der Waals surface area contributed by atoms with Gasteiger partial charge in [0, 0.05) is 17.2 Å². The van der Waals surface area contributed by atoms with E-state index in [-0.39, 0.29) is 5.60 Å². The van der Waals surface area contributed by atoms with Gasteiger partial charge in [-0.2, -0.15) is 0 Å². The third-order valence-corrected chi connectivity index (χ3v) is 4.40. The standard InChI is InChI=1S/C15H23NOS/c1-15(2)8-7-13(17-15)11-18-14-6-4-5-12(9-14)10-16-3/h4-6,9,13,16H,7-8,10-11H2,1-3H3. The van der Waals surface area contributed by atoms with Crippen LogP contribution in [0.1, 0.15) is 32.3 Å². The van der Waals surface area contributed by atoms with Gasteiger partial charge in [0.1, 0.15) is 0 Å². The molecule has 1 saturated heterocycles. The molecule has 0 spiro atoms. The fourth-order valence-corrected chi connectivity index (χ4v) is 3.36. The van der Waals surface area contributed by atoms with Gasteiger partial charge < -0.3 is 10.1 Å². The van der Waals surface area contributed by atoms with Crippen LogP contribution >= 0.6 is 11.8 Å². The third-order valence-electron chi connectivity index (χ3n) is 3.27. The van der Waals surface area contributed by atoms with Gasteiger partial charge in [-0.05, 0) is 51.4 Å². The smallest absolute Gasteiger partial charge is 0.0677 e. The molecule has 2 rings (SSSR count). The fourth-order valence-electron chi connectivity index (χ4n) is 2.33. The second-order valence-corrected chi connectivity index (χ2v) is 6.62. The summed E-state index contributed by atoms with van der Waals surface area (Å²) in [6.07, 6.45) is 2.78. The molecular weight excluding hydrogens is 242 g/mol. The maximum absolute atomic E-state index is 6.02. The summed E-state index contributed by atoms with van der Waals surface area (Å²) in [7, 11) is 1.98. The molecule has 0 saturated carbocycles. The van der Waals surface area contributed by atoms with E-state index in [1.165, 1.54) is 23.3 Å². The van der Waals surface area contributed by atoms with Crippen molar-refractivity contribution in [3.05, 3.63) is 29.8 Å². The molecule has 1 atom stereocenters. The Morgan fingerprint density at radius 1 is 1.44 bits per heavy atom. The molecular formula is C15H23NOS. The van der Waals surface area contributed by atoms with E-state index in [9.17, 15) is 0 Å². The topological polar surface area (TPSA) is 21.3 Å². The van der Waals surface area contributed by atoms with Crippen LogP contribution in [0, 0.1) is 0 Å². The van der Waals surface area contributed by atoms with Crippen LogP contribution in [-0.4, -0.2) is 24.5 Å². The number of hydrogen-bond donors (Lipinski definition) is 1. The zero-order valence-electron chi connectivity index (χ0n) is 11.5. The second kappa shape index (κ2) is 6.09. The van der Waals surface area contributed by atoms with E-state index in [4.69, 9.17) is 4.74 Å². The number of hydrogen-bond acceptors (Lipinski definition) is 3. The molecule has 1 fully saturated rings. The normalized spacial score (nSPS) is 22.3. The molecule has 3 heteroatoms. The van der Waals surface area contributed by atoms with Crippen LogP contribution < -0.4 is 5.32 Å². The van der Waals surface area contributed by atoms with Crippen molar-refractivity contribution in [2.24, 2.45) is 0 Å². The van der Waals surface area contributed by atoms with Gasteiger partial charge in [0.05, 0.1) is 11.7 Å². The van der Waals surface area contributed by atoms with Crippen LogP contribution in [0.4, 0.5) is 0 Å². The number of rotatable bonds is 5. The summed E-state index contributed by atoms with van der Waals surface area (Å²) in [5.41, 5.74) is 1.43.